The van der Waals surface area contributed by atoms with Gasteiger partial charge in [0.2, 0.25) is 5.91 Å². The average Bonchev–Trinajstić information content (AvgIpc) is 2.76. The van der Waals surface area contributed by atoms with Crippen LogP contribution in [-0.2, 0) is 9.53 Å². The van der Waals surface area contributed by atoms with Gasteiger partial charge in [0.15, 0.2) is 5.16 Å². The lowest BCUT2D eigenvalue weighted by Crippen LogP contribution is -2.30. The average molecular weight is 439 g/mol. The normalized spacial score (nSPS) is 12.1. The van der Waals surface area contributed by atoms with Crippen LogP contribution in [0, 0.1) is 0 Å². The lowest BCUT2D eigenvalue weighted by Gasteiger charge is -2.30. The van der Waals surface area contributed by atoms with Crippen molar-refractivity contribution in [2.24, 2.45) is 0 Å². The molecule has 0 fully saturated rings. The van der Waals surface area contributed by atoms with E-state index >= 15 is 0 Å². The first-order valence-corrected chi connectivity index (χ1v) is 11.0. The Kier molecular flexibility index (Phi) is 5.91. The van der Waals surface area contributed by atoms with Crippen LogP contribution in [0.2, 0.25) is 0 Å². The van der Waals surface area contributed by atoms with E-state index in [-0.39, 0.29) is 29.6 Å². The van der Waals surface area contributed by atoms with E-state index in [1.54, 1.807) is 23.6 Å². The first-order chi connectivity index (χ1) is 14.6. The summed E-state index contributed by atoms with van der Waals surface area (Å²) in [5, 5.41) is 0.321. The second-order valence-corrected chi connectivity index (χ2v) is 8.25. The zero-order chi connectivity index (χ0) is 21.1. The molecule has 0 radical (unpaired) electrons. The lowest BCUT2D eigenvalue weighted by atomic mass is 10.2. The minimum atomic E-state index is -0.568. The molecule has 0 unspecified atom stereocenters. The molecule has 0 saturated heterocycles. The topological polar surface area (TPSA) is 98.4 Å². The molecule has 30 heavy (non-hydrogen) atoms. The van der Waals surface area contributed by atoms with E-state index in [1.165, 1.54) is 18.0 Å². The van der Waals surface area contributed by atoms with Crippen LogP contribution >= 0.6 is 23.5 Å². The molecule has 2 aromatic carbocycles. The molecule has 0 bridgehead atoms. The van der Waals surface area contributed by atoms with Gasteiger partial charge in [0.1, 0.15) is 11.4 Å². The quantitative estimate of drug-likeness (QED) is 0.360. The molecule has 1 aliphatic heterocycles. The molecule has 2 N–H and O–H groups in total. The number of thioether (sulfide) groups is 1. The van der Waals surface area contributed by atoms with Crippen molar-refractivity contribution < 1.29 is 14.3 Å². The summed E-state index contributed by atoms with van der Waals surface area (Å²) in [5.74, 6) is -0.520. The first kappa shape index (κ1) is 20.2. The maximum atomic E-state index is 13.2. The van der Waals surface area contributed by atoms with Crippen molar-refractivity contribution in [1.82, 2.24) is 9.97 Å². The molecule has 0 saturated carbocycles. The number of benzene rings is 2. The summed E-state index contributed by atoms with van der Waals surface area (Å²) in [7, 11) is 0. The number of nitrogens with zero attached hydrogens (tertiary/aromatic N) is 3. The van der Waals surface area contributed by atoms with Crippen molar-refractivity contribution in [3.63, 3.8) is 0 Å². The monoisotopic (exact) mass is 438 g/mol. The fourth-order valence-corrected chi connectivity index (χ4v) is 4.71. The molecule has 4 rings (SSSR count). The minimum absolute atomic E-state index is 0.0310. The van der Waals surface area contributed by atoms with Crippen LogP contribution in [0.25, 0.3) is 0 Å². The molecule has 2 heterocycles. The van der Waals surface area contributed by atoms with Crippen LogP contribution in [0.15, 0.2) is 69.7 Å². The Morgan fingerprint density at radius 2 is 1.73 bits per heavy atom. The van der Waals surface area contributed by atoms with Crippen LogP contribution in [0.3, 0.4) is 0 Å². The molecule has 1 aromatic heterocycles. The van der Waals surface area contributed by atoms with Crippen LogP contribution in [0.1, 0.15) is 17.3 Å². The molecule has 0 atom stereocenters. The fraction of sp³-hybridized carbons (Fsp3) is 0.143. The van der Waals surface area contributed by atoms with E-state index in [0.29, 0.717) is 5.16 Å². The minimum Gasteiger partial charge on any atom is -0.462 e. The van der Waals surface area contributed by atoms with E-state index < -0.39 is 5.97 Å². The number of fused-ring (bicyclic) bond motifs is 2. The Hall–Kier alpha value is -3.04. The number of nitrogens with two attached hydrogens (primary N) is 1. The lowest BCUT2D eigenvalue weighted by molar-refractivity contribution is -0.115. The smallest absolute Gasteiger partial charge is 0.343 e. The summed E-state index contributed by atoms with van der Waals surface area (Å²) in [6, 6.07) is 15.6. The summed E-state index contributed by atoms with van der Waals surface area (Å²) >= 11 is 2.81. The van der Waals surface area contributed by atoms with Gasteiger partial charge in [0.05, 0.1) is 23.7 Å². The summed E-state index contributed by atoms with van der Waals surface area (Å²) in [5.41, 5.74) is 7.68. The number of amides is 1. The zero-order valence-electron chi connectivity index (χ0n) is 16.1. The number of ether oxygens (including phenoxy) is 1. The van der Waals surface area contributed by atoms with Gasteiger partial charge >= 0.3 is 5.97 Å². The van der Waals surface area contributed by atoms with Crippen molar-refractivity contribution >= 4 is 52.6 Å². The van der Waals surface area contributed by atoms with Crippen LogP contribution in [0.4, 0.5) is 17.2 Å². The summed E-state index contributed by atoms with van der Waals surface area (Å²) in [6.45, 7) is 1.94. The molecular weight excluding hydrogens is 420 g/mol. The Balaban J connectivity index is 1.54. The maximum Gasteiger partial charge on any atom is 0.343 e. The number of anilines is 3. The maximum absolute atomic E-state index is 13.2. The van der Waals surface area contributed by atoms with E-state index in [9.17, 15) is 9.59 Å². The molecule has 1 amide bonds. The summed E-state index contributed by atoms with van der Waals surface area (Å²) in [6.07, 6.45) is 1.33. The Morgan fingerprint density at radius 3 is 2.33 bits per heavy atom. The van der Waals surface area contributed by atoms with Crippen molar-refractivity contribution in [1.29, 1.82) is 0 Å². The van der Waals surface area contributed by atoms with Crippen molar-refractivity contribution in [3.8, 4) is 0 Å². The standard InChI is InChI=1S/C21H18N4O3S2/c1-2-28-20(27)13-11-23-21(24-19(13)22)29-12-18(26)25-14-7-3-5-9-16(14)30-17-10-6-4-8-15(17)25/h3-11H,2,12H2,1H3,(H2,22,23,24). The van der Waals surface area contributed by atoms with Gasteiger partial charge in [0.25, 0.3) is 0 Å². The Labute approximate surface area is 182 Å². The highest BCUT2D eigenvalue weighted by molar-refractivity contribution is 8.00. The van der Waals surface area contributed by atoms with Gasteiger partial charge in [-0.15, -0.1) is 0 Å². The molecule has 3 aromatic rings. The third kappa shape index (κ3) is 3.99. The van der Waals surface area contributed by atoms with Crippen LogP contribution < -0.4 is 10.6 Å². The number of nitrogen functional groups attached to an aromatic ring is 1. The summed E-state index contributed by atoms with van der Waals surface area (Å²) in [4.78, 5) is 37.1. The van der Waals surface area contributed by atoms with Crippen LogP contribution in [-0.4, -0.2) is 34.2 Å². The zero-order valence-corrected chi connectivity index (χ0v) is 17.7. The van der Waals surface area contributed by atoms with Gasteiger partial charge in [-0.25, -0.2) is 14.8 Å². The van der Waals surface area contributed by atoms with E-state index in [0.717, 1.165) is 21.2 Å². The van der Waals surface area contributed by atoms with Crippen molar-refractivity contribution in [3.05, 3.63) is 60.3 Å². The van der Waals surface area contributed by atoms with Gasteiger partial charge in [-0.3, -0.25) is 9.69 Å². The number of hydrogen-bond donors (Lipinski definition) is 1. The molecular formula is C21H18N4O3S2. The van der Waals surface area contributed by atoms with Gasteiger partial charge in [-0.2, -0.15) is 0 Å². The van der Waals surface area contributed by atoms with Gasteiger partial charge in [-0.05, 0) is 31.2 Å². The SMILES string of the molecule is CCOC(=O)c1cnc(SCC(=O)N2c3ccccc3Sc3ccccc32)nc1N. The second-order valence-electron chi connectivity index (χ2n) is 6.23. The van der Waals surface area contributed by atoms with Gasteiger partial charge < -0.3 is 10.5 Å². The Bertz CT molecular complexity index is 1080. The highest BCUT2D eigenvalue weighted by Crippen LogP contribution is 2.48. The molecule has 152 valence electrons. The molecule has 0 aliphatic carbocycles. The van der Waals surface area contributed by atoms with E-state index in [2.05, 4.69) is 9.97 Å². The van der Waals surface area contributed by atoms with Gasteiger partial charge in [-0.1, -0.05) is 47.8 Å². The van der Waals surface area contributed by atoms with Gasteiger partial charge in [0, 0.05) is 16.0 Å². The number of para-hydroxylation sites is 2. The number of carbonyl (C=O) groups excluding carboxylic acids is 2. The third-order valence-corrected chi connectivity index (χ3v) is 6.27. The Morgan fingerprint density at radius 1 is 1.10 bits per heavy atom. The van der Waals surface area contributed by atoms with E-state index in [4.69, 9.17) is 10.5 Å². The highest BCUT2D eigenvalue weighted by Gasteiger charge is 2.28. The number of hydrogen-bond acceptors (Lipinski definition) is 8. The van der Waals surface area contributed by atoms with Crippen molar-refractivity contribution in [2.75, 3.05) is 23.0 Å². The highest BCUT2D eigenvalue weighted by atomic mass is 32.2. The number of carbonyl (C=O) groups is 2. The van der Waals surface area contributed by atoms with Crippen molar-refractivity contribution in [2.45, 2.75) is 21.9 Å². The largest absolute Gasteiger partial charge is 0.462 e. The predicted octanol–water partition coefficient (Wildman–Crippen LogP) is 4.16. The fourth-order valence-electron chi connectivity index (χ4n) is 2.98. The van der Waals surface area contributed by atoms with E-state index in [1.807, 2.05) is 48.5 Å². The predicted molar refractivity (Wildman–Crippen MR) is 117 cm³/mol. The number of esters is 1. The van der Waals surface area contributed by atoms with Crippen LogP contribution in [0.5, 0.6) is 0 Å². The number of aromatic nitrogens is 2. The third-order valence-electron chi connectivity index (χ3n) is 4.30. The number of rotatable bonds is 5. The molecule has 0 spiro atoms. The molecule has 7 nitrogen and oxygen atoms in total. The summed E-state index contributed by atoms with van der Waals surface area (Å²) < 4.78 is 4.92. The molecule has 9 heteroatoms. The molecule has 1 aliphatic rings. The second kappa shape index (κ2) is 8.76. The first-order valence-electron chi connectivity index (χ1n) is 9.19.